The molecule has 1 heterocycles. The minimum atomic E-state index is -4.65. The summed E-state index contributed by atoms with van der Waals surface area (Å²) in [5.74, 6) is -0.648. The van der Waals surface area contributed by atoms with E-state index in [4.69, 9.17) is 0 Å². The molecule has 4 aromatic rings. The van der Waals surface area contributed by atoms with E-state index in [1.54, 1.807) is 6.92 Å². The minimum Gasteiger partial charge on any atom is -0.360 e. The van der Waals surface area contributed by atoms with Crippen molar-refractivity contribution < 1.29 is 26.4 Å². The molecule has 1 amide bonds. The topological polar surface area (TPSA) is 108 Å². The van der Waals surface area contributed by atoms with Crippen LogP contribution in [0.5, 0.6) is 0 Å². The van der Waals surface area contributed by atoms with E-state index in [0.717, 1.165) is 23.8 Å². The molecule has 3 N–H and O–H groups in total. The second-order valence-corrected chi connectivity index (χ2v) is 9.71. The maximum Gasteiger partial charge on any atom is 0.416 e. The first-order valence-electron chi connectivity index (χ1n) is 10.7. The van der Waals surface area contributed by atoms with Gasteiger partial charge in [-0.1, -0.05) is 36.4 Å². The smallest absolute Gasteiger partial charge is 0.360 e. The molecule has 1 aromatic heterocycles. The Balaban J connectivity index is 1.64. The van der Waals surface area contributed by atoms with Gasteiger partial charge in [-0.25, -0.2) is 8.42 Å². The van der Waals surface area contributed by atoms with Gasteiger partial charge in [0.05, 0.1) is 16.5 Å². The third-order valence-electron chi connectivity index (χ3n) is 5.50. The number of alkyl halides is 3. The van der Waals surface area contributed by atoms with Crippen molar-refractivity contribution in [3.05, 3.63) is 106 Å². The Kier molecular flexibility index (Phi) is 6.59. The lowest BCUT2D eigenvalue weighted by Crippen LogP contribution is -2.31. The molecule has 0 saturated carbocycles. The number of rotatable bonds is 6. The molecule has 0 aliphatic heterocycles. The minimum absolute atomic E-state index is 0.0677. The van der Waals surface area contributed by atoms with Crippen molar-refractivity contribution in [3.8, 4) is 0 Å². The van der Waals surface area contributed by atoms with E-state index in [-0.39, 0.29) is 27.0 Å². The number of anilines is 1. The van der Waals surface area contributed by atoms with Crippen LogP contribution in [0.2, 0.25) is 0 Å². The number of fused-ring (bicyclic) bond motifs is 1. The van der Waals surface area contributed by atoms with Crippen LogP contribution >= 0.6 is 0 Å². The van der Waals surface area contributed by atoms with Crippen molar-refractivity contribution >= 4 is 32.5 Å². The summed E-state index contributed by atoms with van der Waals surface area (Å²) in [7, 11) is -4.34. The second-order valence-electron chi connectivity index (χ2n) is 8.03. The van der Waals surface area contributed by atoms with E-state index in [1.165, 1.54) is 24.4 Å². The second kappa shape index (κ2) is 9.50. The summed E-state index contributed by atoms with van der Waals surface area (Å²) in [4.78, 5) is 28.3. The van der Waals surface area contributed by atoms with E-state index in [1.807, 2.05) is 30.3 Å². The maximum atomic E-state index is 13.1. The van der Waals surface area contributed by atoms with Gasteiger partial charge in [0.25, 0.3) is 15.9 Å². The van der Waals surface area contributed by atoms with Gasteiger partial charge in [0.15, 0.2) is 0 Å². The molecular formula is C25H20F3N3O4S. The molecule has 0 fully saturated rings. The zero-order valence-electron chi connectivity index (χ0n) is 18.8. The van der Waals surface area contributed by atoms with Crippen LogP contribution in [0.25, 0.3) is 10.9 Å². The van der Waals surface area contributed by atoms with Crippen molar-refractivity contribution in [1.29, 1.82) is 0 Å². The van der Waals surface area contributed by atoms with Crippen LogP contribution in [-0.4, -0.2) is 19.3 Å². The van der Waals surface area contributed by atoms with Crippen LogP contribution in [0.15, 0.2) is 88.7 Å². The van der Waals surface area contributed by atoms with Gasteiger partial charge in [0.2, 0.25) is 5.43 Å². The first kappa shape index (κ1) is 25.0. The standard InChI is InChI=1S/C25H20F3N3O4S/c1-15(16-6-3-2-4-7-16)30-24(33)21-14-29-22-11-10-19(13-20(22)23(21)32)36(34,35)31-18-9-5-8-17(12-18)25(26,27)28/h2-15,31H,1H3,(H,29,32)(H,30,33)/t15-/m0/s1. The summed E-state index contributed by atoms with van der Waals surface area (Å²) in [6, 6.07) is 16.1. The fourth-order valence-electron chi connectivity index (χ4n) is 3.61. The summed E-state index contributed by atoms with van der Waals surface area (Å²) >= 11 is 0. The zero-order valence-corrected chi connectivity index (χ0v) is 19.6. The number of carbonyl (C=O) groups is 1. The predicted octanol–water partition coefficient (Wildman–Crippen LogP) is 4.84. The lowest BCUT2D eigenvalue weighted by atomic mass is 10.1. The Bertz CT molecular complexity index is 1600. The zero-order chi connectivity index (χ0) is 26.1. The van der Waals surface area contributed by atoms with Crippen molar-refractivity contribution in [2.75, 3.05) is 4.72 Å². The molecule has 0 saturated heterocycles. The Labute approximate surface area is 204 Å². The van der Waals surface area contributed by atoms with Crippen LogP contribution in [0.3, 0.4) is 0 Å². The van der Waals surface area contributed by atoms with E-state index in [2.05, 4.69) is 15.0 Å². The molecule has 1 atom stereocenters. The van der Waals surface area contributed by atoms with Gasteiger partial charge in [-0.15, -0.1) is 0 Å². The number of nitrogens with one attached hydrogen (secondary N) is 3. The molecule has 36 heavy (non-hydrogen) atoms. The molecule has 0 aliphatic carbocycles. The maximum absolute atomic E-state index is 13.1. The number of pyridine rings is 1. The molecule has 0 spiro atoms. The largest absolute Gasteiger partial charge is 0.416 e. The Hall–Kier alpha value is -4.12. The summed E-state index contributed by atoms with van der Waals surface area (Å²) in [5, 5.41) is 2.66. The lowest BCUT2D eigenvalue weighted by molar-refractivity contribution is -0.137. The van der Waals surface area contributed by atoms with Gasteiger partial charge < -0.3 is 10.3 Å². The summed E-state index contributed by atoms with van der Waals surface area (Å²) in [6.45, 7) is 1.76. The highest BCUT2D eigenvalue weighted by Gasteiger charge is 2.31. The van der Waals surface area contributed by atoms with E-state index >= 15 is 0 Å². The lowest BCUT2D eigenvalue weighted by Gasteiger charge is -2.14. The van der Waals surface area contributed by atoms with Gasteiger partial charge in [-0.3, -0.25) is 14.3 Å². The van der Waals surface area contributed by atoms with Crippen LogP contribution in [0, 0.1) is 0 Å². The number of carbonyl (C=O) groups excluding carboxylic acids is 1. The number of aromatic nitrogens is 1. The molecule has 3 aromatic carbocycles. The summed E-state index contributed by atoms with van der Waals surface area (Å²) in [5.41, 5.74) is -1.11. The molecule has 7 nitrogen and oxygen atoms in total. The van der Waals surface area contributed by atoms with Crippen LogP contribution in [0.1, 0.15) is 34.5 Å². The number of H-pyrrole nitrogens is 1. The van der Waals surface area contributed by atoms with Crippen LogP contribution in [-0.2, 0) is 16.2 Å². The van der Waals surface area contributed by atoms with Gasteiger partial charge in [0, 0.05) is 22.8 Å². The number of aromatic amines is 1. The van der Waals surface area contributed by atoms with Crippen molar-refractivity contribution in [3.63, 3.8) is 0 Å². The van der Waals surface area contributed by atoms with Crippen molar-refractivity contribution in [1.82, 2.24) is 10.3 Å². The molecular weight excluding hydrogens is 495 g/mol. The van der Waals surface area contributed by atoms with E-state index in [9.17, 15) is 31.2 Å². The molecule has 0 aliphatic rings. The molecule has 0 radical (unpaired) electrons. The Morgan fingerprint density at radius 3 is 2.39 bits per heavy atom. The molecule has 11 heteroatoms. The SMILES string of the molecule is C[C@H](NC(=O)c1c[nH]c2ccc(S(=O)(=O)Nc3cccc(C(F)(F)F)c3)cc2c1=O)c1ccccc1. The highest BCUT2D eigenvalue weighted by Crippen LogP contribution is 2.31. The summed E-state index contributed by atoms with van der Waals surface area (Å²) in [6.07, 6.45) is -3.40. The average molecular weight is 516 g/mol. The molecule has 186 valence electrons. The monoisotopic (exact) mass is 515 g/mol. The predicted molar refractivity (Wildman–Crippen MR) is 129 cm³/mol. The van der Waals surface area contributed by atoms with E-state index in [0.29, 0.717) is 6.07 Å². The van der Waals surface area contributed by atoms with Crippen LogP contribution < -0.4 is 15.5 Å². The number of benzene rings is 3. The number of halogens is 3. The number of amides is 1. The van der Waals surface area contributed by atoms with Gasteiger partial charge in [-0.2, -0.15) is 13.2 Å². The number of hydrogen-bond acceptors (Lipinski definition) is 4. The third kappa shape index (κ3) is 5.25. The molecule has 0 bridgehead atoms. The highest BCUT2D eigenvalue weighted by molar-refractivity contribution is 7.92. The van der Waals surface area contributed by atoms with Crippen molar-refractivity contribution in [2.45, 2.75) is 24.0 Å². The van der Waals surface area contributed by atoms with Gasteiger partial charge in [0.1, 0.15) is 5.56 Å². The van der Waals surface area contributed by atoms with Gasteiger partial charge in [-0.05, 0) is 48.9 Å². The van der Waals surface area contributed by atoms with E-state index < -0.39 is 39.1 Å². The highest BCUT2D eigenvalue weighted by atomic mass is 32.2. The van der Waals surface area contributed by atoms with Crippen LogP contribution in [0.4, 0.5) is 18.9 Å². The first-order valence-corrected chi connectivity index (χ1v) is 12.2. The Morgan fingerprint density at radius 1 is 0.972 bits per heavy atom. The number of hydrogen-bond donors (Lipinski definition) is 3. The quantitative estimate of drug-likeness (QED) is 0.342. The van der Waals surface area contributed by atoms with Gasteiger partial charge >= 0.3 is 6.18 Å². The average Bonchev–Trinajstić information content (AvgIpc) is 2.84. The first-order chi connectivity index (χ1) is 17.0. The fraction of sp³-hybridized carbons (Fsp3) is 0.120. The van der Waals surface area contributed by atoms with Crippen molar-refractivity contribution in [2.24, 2.45) is 0 Å². The summed E-state index contributed by atoms with van der Waals surface area (Å²) < 4.78 is 66.7. The Morgan fingerprint density at radius 2 is 1.69 bits per heavy atom. The molecule has 4 rings (SSSR count). The molecule has 0 unspecified atom stereocenters. The fourth-order valence-corrected chi connectivity index (χ4v) is 4.68. The normalized spacial score (nSPS) is 12.8. The number of sulfonamides is 1. The third-order valence-corrected chi connectivity index (χ3v) is 6.88.